The highest BCUT2D eigenvalue weighted by atomic mass is 32.1. The Bertz CT molecular complexity index is 743. The Morgan fingerprint density at radius 1 is 1.35 bits per heavy atom. The average Bonchev–Trinajstić information content (AvgIpc) is 3.31. The number of carbonyl (C=O) groups excluding carboxylic acids is 1. The van der Waals surface area contributed by atoms with Gasteiger partial charge in [-0.15, -0.1) is 11.3 Å². The van der Waals surface area contributed by atoms with Crippen LogP contribution in [0.25, 0.3) is 10.7 Å². The molecule has 0 radical (unpaired) electrons. The summed E-state index contributed by atoms with van der Waals surface area (Å²) < 4.78 is 0. The van der Waals surface area contributed by atoms with Crippen LogP contribution in [0, 0.1) is 5.41 Å². The van der Waals surface area contributed by atoms with Crippen LogP contribution in [0.15, 0.2) is 24.0 Å². The maximum absolute atomic E-state index is 12.5. The number of rotatable bonds is 5. The molecule has 1 unspecified atom stereocenters. The molecule has 2 aliphatic rings. The molecule has 0 aliphatic carbocycles. The van der Waals surface area contributed by atoms with Crippen molar-refractivity contribution in [2.75, 3.05) is 26.2 Å². The standard InChI is InChI=1S/C18H24N6OS/c25-16(14-9-18(12-23-14)2-5-19-6-3-18)22-4-1-13-11-26-17(24-13)15-10-20-7-8-21-15/h7-8,10-11,14,19,23H,1-6,9,12H2,(H,22,25). The lowest BCUT2D eigenvalue weighted by Gasteiger charge is -2.33. The van der Waals surface area contributed by atoms with Crippen LogP contribution in [0.3, 0.4) is 0 Å². The Kier molecular flexibility index (Phi) is 5.23. The Morgan fingerprint density at radius 3 is 3.04 bits per heavy atom. The Balaban J connectivity index is 1.25. The number of carbonyl (C=O) groups is 1. The van der Waals surface area contributed by atoms with Crippen molar-refractivity contribution in [2.24, 2.45) is 5.41 Å². The van der Waals surface area contributed by atoms with Gasteiger partial charge in [0.25, 0.3) is 0 Å². The molecule has 3 N–H and O–H groups in total. The van der Waals surface area contributed by atoms with Crippen LogP contribution in [-0.2, 0) is 11.2 Å². The van der Waals surface area contributed by atoms with E-state index in [9.17, 15) is 4.79 Å². The van der Waals surface area contributed by atoms with Crippen LogP contribution in [0.1, 0.15) is 25.0 Å². The van der Waals surface area contributed by atoms with Gasteiger partial charge in [0.1, 0.15) is 10.7 Å². The zero-order valence-corrected chi connectivity index (χ0v) is 15.5. The molecule has 4 rings (SSSR count). The van der Waals surface area contributed by atoms with E-state index < -0.39 is 0 Å². The fourth-order valence-corrected chi connectivity index (χ4v) is 4.64. The minimum absolute atomic E-state index is 0.0568. The molecule has 7 nitrogen and oxygen atoms in total. The first-order valence-corrected chi connectivity index (χ1v) is 10.0. The second kappa shape index (κ2) is 7.77. The van der Waals surface area contributed by atoms with E-state index in [1.165, 1.54) is 0 Å². The van der Waals surface area contributed by atoms with E-state index in [0.29, 0.717) is 12.0 Å². The molecule has 2 saturated heterocycles. The number of nitrogens with zero attached hydrogens (tertiary/aromatic N) is 3. The van der Waals surface area contributed by atoms with Gasteiger partial charge >= 0.3 is 0 Å². The van der Waals surface area contributed by atoms with Gasteiger partial charge in [0.15, 0.2) is 0 Å². The molecule has 138 valence electrons. The Labute approximate surface area is 157 Å². The third-order valence-corrected chi connectivity index (χ3v) is 6.27. The minimum Gasteiger partial charge on any atom is -0.354 e. The summed E-state index contributed by atoms with van der Waals surface area (Å²) in [5, 5.41) is 12.8. The fraction of sp³-hybridized carbons (Fsp3) is 0.556. The summed E-state index contributed by atoms with van der Waals surface area (Å²) in [6.45, 7) is 3.69. The first kappa shape index (κ1) is 17.5. The molecule has 0 aromatic carbocycles. The summed E-state index contributed by atoms with van der Waals surface area (Å²) in [5.41, 5.74) is 2.08. The lowest BCUT2D eigenvalue weighted by atomic mass is 9.77. The predicted molar refractivity (Wildman–Crippen MR) is 101 cm³/mol. The van der Waals surface area contributed by atoms with Crippen molar-refractivity contribution in [2.45, 2.75) is 31.7 Å². The first-order chi connectivity index (χ1) is 12.7. The van der Waals surface area contributed by atoms with Crippen molar-refractivity contribution >= 4 is 17.2 Å². The smallest absolute Gasteiger partial charge is 0.237 e. The molecule has 2 aromatic rings. The van der Waals surface area contributed by atoms with E-state index in [-0.39, 0.29) is 11.9 Å². The SMILES string of the molecule is O=C(NCCc1csc(-c2cnccn2)n1)C1CC2(CCNCC2)CN1. The van der Waals surface area contributed by atoms with E-state index in [4.69, 9.17) is 0 Å². The van der Waals surface area contributed by atoms with Crippen molar-refractivity contribution in [1.82, 2.24) is 30.9 Å². The molecule has 8 heteroatoms. The Hall–Kier alpha value is -1.90. The van der Waals surface area contributed by atoms with Gasteiger partial charge in [0.2, 0.25) is 5.91 Å². The maximum atomic E-state index is 12.5. The summed E-state index contributed by atoms with van der Waals surface area (Å²) in [4.78, 5) is 25.4. The highest BCUT2D eigenvalue weighted by Gasteiger charge is 2.41. The van der Waals surface area contributed by atoms with E-state index in [0.717, 1.165) is 61.7 Å². The molecule has 4 heterocycles. The Morgan fingerprint density at radius 2 is 2.23 bits per heavy atom. The topological polar surface area (TPSA) is 91.8 Å². The number of hydrogen-bond donors (Lipinski definition) is 3. The summed E-state index contributed by atoms with van der Waals surface area (Å²) in [6.07, 6.45) is 9.03. The van der Waals surface area contributed by atoms with Crippen LogP contribution in [-0.4, -0.2) is 53.1 Å². The third-order valence-electron chi connectivity index (χ3n) is 5.36. The highest BCUT2D eigenvalue weighted by Crippen LogP contribution is 2.37. The number of hydrogen-bond acceptors (Lipinski definition) is 7. The van der Waals surface area contributed by atoms with Gasteiger partial charge in [-0.3, -0.25) is 14.8 Å². The number of aromatic nitrogens is 3. The lowest BCUT2D eigenvalue weighted by Crippen LogP contribution is -2.41. The third kappa shape index (κ3) is 3.92. The second-order valence-corrected chi connectivity index (χ2v) is 8.02. The van der Waals surface area contributed by atoms with Crippen LogP contribution in [0.2, 0.25) is 0 Å². The molecular formula is C18H24N6OS. The normalized spacial score (nSPS) is 21.8. The van der Waals surface area contributed by atoms with Crippen LogP contribution < -0.4 is 16.0 Å². The second-order valence-electron chi connectivity index (χ2n) is 7.16. The molecule has 1 atom stereocenters. The average molecular weight is 372 g/mol. The first-order valence-electron chi connectivity index (χ1n) is 9.17. The van der Waals surface area contributed by atoms with Crippen molar-refractivity contribution in [3.05, 3.63) is 29.7 Å². The van der Waals surface area contributed by atoms with Gasteiger partial charge in [-0.2, -0.15) is 0 Å². The van der Waals surface area contributed by atoms with E-state index in [1.807, 2.05) is 5.38 Å². The minimum atomic E-state index is -0.0568. The largest absolute Gasteiger partial charge is 0.354 e. The molecule has 2 aliphatic heterocycles. The summed E-state index contributed by atoms with van der Waals surface area (Å²) in [6, 6.07) is -0.0568. The van der Waals surface area contributed by atoms with Gasteiger partial charge < -0.3 is 16.0 Å². The molecular weight excluding hydrogens is 348 g/mol. The van der Waals surface area contributed by atoms with E-state index in [2.05, 4.69) is 30.9 Å². The molecule has 1 spiro atoms. The lowest BCUT2D eigenvalue weighted by molar-refractivity contribution is -0.122. The van der Waals surface area contributed by atoms with Gasteiger partial charge in [-0.25, -0.2) is 4.98 Å². The fourth-order valence-electron chi connectivity index (χ4n) is 3.83. The predicted octanol–water partition coefficient (Wildman–Crippen LogP) is 0.990. The quantitative estimate of drug-likeness (QED) is 0.725. The number of piperidine rings is 1. The summed E-state index contributed by atoms with van der Waals surface area (Å²) in [7, 11) is 0. The maximum Gasteiger partial charge on any atom is 0.237 e. The van der Waals surface area contributed by atoms with Gasteiger partial charge in [0.05, 0.1) is 17.9 Å². The van der Waals surface area contributed by atoms with Crippen molar-refractivity contribution in [3.8, 4) is 10.7 Å². The number of thiazole rings is 1. The van der Waals surface area contributed by atoms with Crippen molar-refractivity contribution in [1.29, 1.82) is 0 Å². The van der Waals surface area contributed by atoms with Crippen LogP contribution in [0.4, 0.5) is 0 Å². The molecule has 2 fully saturated rings. The zero-order valence-electron chi connectivity index (χ0n) is 14.7. The van der Waals surface area contributed by atoms with Gasteiger partial charge in [-0.1, -0.05) is 0 Å². The van der Waals surface area contributed by atoms with Crippen molar-refractivity contribution in [3.63, 3.8) is 0 Å². The molecule has 0 bridgehead atoms. The summed E-state index contributed by atoms with van der Waals surface area (Å²) in [5.74, 6) is 0.116. The summed E-state index contributed by atoms with van der Waals surface area (Å²) >= 11 is 1.56. The van der Waals surface area contributed by atoms with Gasteiger partial charge in [-0.05, 0) is 37.8 Å². The van der Waals surface area contributed by atoms with Crippen LogP contribution in [0.5, 0.6) is 0 Å². The molecule has 26 heavy (non-hydrogen) atoms. The van der Waals surface area contributed by atoms with Crippen molar-refractivity contribution < 1.29 is 4.79 Å². The van der Waals surface area contributed by atoms with Gasteiger partial charge in [0, 0.05) is 37.3 Å². The zero-order chi connectivity index (χ0) is 17.8. The number of nitrogens with one attached hydrogen (secondary N) is 3. The van der Waals surface area contributed by atoms with E-state index >= 15 is 0 Å². The molecule has 1 amide bonds. The monoisotopic (exact) mass is 372 g/mol. The molecule has 2 aromatic heterocycles. The molecule has 0 saturated carbocycles. The number of amides is 1. The van der Waals surface area contributed by atoms with Crippen LogP contribution >= 0.6 is 11.3 Å². The highest BCUT2D eigenvalue weighted by molar-refractivity contribution is 7.13. The van der Waals surface area contributed by atoms with E-state index in [1.54, 1.807) is 29.9 Å².